The van der Waals surface area contributed by atoms with Crippen LogP contribution in [0.15, 0.2) is 34.2 Å². The molecule has 8 nitrogen and oxygen atoms in total. The fourth-order valence-corrected chi connectivity index (χ4v) is 5.13. The molecule has 1 aromatic carbocycles. The number of nitrogens with zero attached hydrogens (tertiary/aromatic N) is 2. The molecule has 0 aliphatic carbocycles. The van der Waals surface area contributed by atoms with Crippen LogP contribution in [0.5, 0.6) is 0 Å². The zero-order chi connectivity index (χ0) is 21.2. The van der Waals surface area contributed by atoms with Gasteiger partial charge in [0.05, 0.1) is 18.1 Å². The smallest absolute Gasteiger partial charge is 0.243 e. The molecule has 2 N–H and O–H groups in total. The number of rotatable bonds is 10. The lowest BCUT2D eigenvalue weighted by Crippen LogP contribution is -2.37. The van der Waals surface area contributed by atoms with Crippen molar-refractivity contribution in [2.45, 2.75) is 37.1 Å². The van der Waals surface area contributed by atoms with Crippen molar-refractivity contribution < 1.29 is 17.9 Å². The molecule has 1 unspecified atom stereocenters. The standard InChI is InChI=1S/C21H34N4O4S.HI/c1-22-21(23-10-4-13-28-16-19-9-14-29-17-19)24-15-18-5-7-20(8-6-18)30(26,27)25-11-2-3-12-25;/h5-8,19H,2-4,9-17H2,1H3,(H2,22,23,24);1H. The third kappa shape index (κ3) is 8.16. The first-order valence-corrected chi connectivity index (χ1v) is 12.2. The Balaban J connectivity index is 0.00000341. The van der Waals surface area contributed by atoms with Gasteiger partial charge in [-0.05, 0) is 43.4 Å². The first kappa shape index (κ1) is 26.3. The fraction of sp³-hybridized carbons (Fsp3) is 0.667. The van der Waals surface area contributed by atoms with Crippen LogP contribution in [-0.4, -0.2) is 71.8 Å². The summed E-state index contributed by atoms with van der Waals surface area (Å²) in [7, 11) is -1.62. The Morgan fingerprint density at radius 3 is 2.61 bits per heavy atom. The van der Waals surface area contributed by atoms with Crippen LogP contribution in [0.2, 0.25) is 0 Å². The van der Waals surface area contributed by atoms with Crippen molar-refractivity contribution in [1.29, 1.82) is 0 Å². The van der Waals surface area contributed by atoms with Gasteiger partial charge in [-0.3, -0.25) is 4.99 Å². The van der Waals surface area contributed by atoms with Crippen molar-refractivity contribution in [2.75, 3.05) is 53.1 Å². The van der Waals surface area contributed by atoms with Crippen molar-refractivity contribution in [3.05, 3.63) is 29.8 Å². The topological polar surface area (TPSA) is 92.3 Å². The lowest BCUT2D eigenvalue weighted by molar-refractivity contribution is 0.0888. The van der Waals surface area contributed by atoms with E-state index in [4.69, 9.17) is 9.47 Å². The van der Waals surface area contributed by atoms with E-state index in [9.17, 15) is 8.42 Å². The van der Waals surface area contributed by atoms with Gasteiger partial charge in [-0.15, -0.1) is 24.0 Å². The minimum atomic E-state index is -3.36. The molecular formula is C21H35IN4O4S. The summed E-state index contributed by atoms with van der Waals surface area (Å²) in [6.45, 7) is 5.75. The van der Waals surface area contributed by atoms with Crippen LogP contribution >= 0.6 is 24.0 Å². The van der Waals surface area contributed by atoms with Crippen LogP contribution in [0, 0.1) is 5.92 Å². The predicted molar refractivity (Wildman–Crippen MR) is 132 cm³/mol. The van der Waals surface area contributed by atoms with Crippen molar-refractivity contribution in [3.8, 4) is 0 Å². The largest absolute Gasteiger partial charge is 0.381 e. The van der Waals surface area contributed by atoms with Gasteiger partial charge in [-0.2, -0.15) is 4.31 Å². The monoisotopic (exact) mass is 566 g/mol. The van der Waals surface area contributed by atoms with E-state index >= 15 is 0 Å². The van der Waals surface area contributed by atoms with Gasteiger partial charge in [0.2, 0.25) is 10.0 Å². The number of sulfonamides is 1. The quantitative estimate of drug-likeness (QED) is 0.195. The fourth-order valence-electron chi connectivity index (χ4n) is 3.61. The van der Waals surface area contributed by atoms with Crippen LogP contribution in [-0.2, 0) is 26.0 Å². The van der Waals surface area contributed by atoms with Crippen molar-refractivity contribution in [2.24, 2.45) is 10.9 Å². The van der Waals surface area contributed by atoms with Crippen LogP contribution in [0.25, 0.3) is 0 Å². The zero-order valence-electron chi connectivity index (χ0n) is 18.2. The first-order chi connectivity index (χ1) is 14.6. The maximum atomic E-state index is 12.6. The molecule has 1 atom stereocenters. The number of aliphatic imine (C=N–C) groups is 1. The summed E-state index contributed by atoms with van der Waals surface area (Å²) in [5.41, 5.74) is 1.00. The van der Waals surface area contributed by atoms with Crippen molar-refractivity contribution >= 4 is 40.0 Å². The van der Waals surface area contributed by atoms with Gasteiger partial charge in [0.1, 0.15) is 0 Å². The van der Waals surface area contributed by atoms with Gasteiger partial charge in [0.15, 0.2) is 5.96 Å². The van der Waals surface area contributed by atoms with E-state index in [1.54, 1.807) is 23.5 Å². The molecule has 2 aliphatic heterocycles. The number of guanidine groups is 1. The van der Waals surface area contributed by atoms with Crippen LogP contribution < -0.4 is 10.6 Å². The van der Waals surface area contributed by atoms with E-state index < -0.39 is 10.0 Å². The molecule has 0 amide bonds. The van der Waals surface area contributed by atoms with Crippen LogP contribution in [0.4, 0.5) is 0 Å². The molecular weight excluding hydrogens is 531 g/mol. The van der Waals surface area contributed by atoms with Gasteiger partial charge in [0, 0.05) is 52.4 Å². The summed E-state index contributed by atoms with van der Waals surface area (Å²) in [6, 6.07) is 7.08. The molecule has 1 aromatic rings. The normalized spacial score (nSPS) is 19.9. The van der Waals surface area contributed by atoms with Gasteiger partial charge in [-0.1, -0.05) is 12.1 Å². The summed E-state index contributed by atoms with van der Waals surface area (Å²) < 4.78 is 37.8. The second kappa shape index (κ2) is 13.6. The lowest BCUT2D eigenvalue weighted by Gasteiger charge is -2.16. The molecule has 176 valence electrons. The second-order valence-electron chi connectivity index (χ2n) is 7.77. The van der Waals surface area contributed by atoms with E-state index in [-0.39, 0.29) is 24.0 Å². The molecule has 0 radical (unpaired) electrons. The van der Waals surface area contributed by atoms with Gasteiger partial charge in [-0.25, -0.2) is 8.42 Å². The highest BCUT2D eigenvalue weighted by Crippen LogP contribution is 2.21. The molecule has 0 aromatic heterocycles. The summed E-state index contributed by atoms with van der Waals surface area (Å²) in [5, 5.41) is 6.53. The molecule has 2 aliphatic rings. The van der Waals surface area contributed by atoms with Gasteiger partial charge >= 0.3 is 0 Å². The van der Waals surface area contributed by atoms with E-state index in [0.717, 1.165) is 57.6 Å². The Labute approximate surface area is 203 Å². The van der Waals surface area contributed by atoms with E-state index in [1.807, 2.05) is 12.1 Å². The van der Waals surface area contributed by atoms with Crippen molar-refractivity contribution in [1.82, 2.24) is 14.9 Å². The number of hydrogen-bond donors (Lipinski definition) is 2. The molecule has 2 saturated heterocycles. The highest BCUT2D eigenvalue weighted by Gasteiger charge is 2.26. The lowest BCUT2D eigenvalue weighted by atomic mass is 10.1. The summed E-state index contributed by atoms with van der Waals surface area (Å²) in [6.07, 6.45) is 3.88. The summed E-state index contributed by atoms with van der Waals surface area (Å²) in [5.74, 6) is 1.26. The Bertz CT molecular complexity index is 777. The van der Waals surface area contributed by atoms with Gasteiger partial charge in [0.25, 0.3) is 0 Å². The number of hydrogen-bond acceptors (Lipinski definition) is 5. The third-order valence-electron chi connectivity index (χ3n) is 5.45. The maximum Gasteiger partial charge on any atom is 0.243 e. The molecule has 0 bridgehead atoms. The van der Waals surface area contributed by atoms with Crippen molar-refractivity contribution in [3.63, 3.8) is 0 Å². The molecule has 10 heteroatoms. The number of nitrogens with one attached hydrogen (secondary N) is 2. The summed E-state index contributed by atoms with van der Waals surface area (Å²) in [4.78, 5) is 4.59. The predicted octanol–water partition coefficient (Wildman–Crippen LogP) is 2.20. The average molecular weight is 567 g/mol. The van der Waals surface area contributed by atoms with E-state index in [0.29, 0.717) is 43.0 Å². The molecule has 31 heavy (non-hydrogen) atoms. The molecule has 0 saturated carbocycles. The maximum absolute atomic E-state index is 12.6. The highest BCUT2D eigenvalue weighted by molar-refractivity contribution is 14.0. The highest BCUT2D eigenvalue weighted by atomic mass is 127. The minimum absolute atomic E-state index is 0. The number of benzene rings is 1. The van der Waals surface area contributed by atoms with Crippen LogP contribution in [0.1, 0.15) is 31.2 Å². The Hall–Kier alpha value is -0.950. The summed E-state index contributed by atoms with van der Waals surface area (Å²) >= 11 is 0. The average Bonchev–Trinajstić information content (AvgIpc) is 3.47. The first-order valence-electron chi connectivity index (χ1n) is 10.8. The molecule has 2 fully saturated rings. The number of ether oxygens (including phenoxy) is 2. The third-order valence-corrected chi connectivity index (χ3v) is 7.36. The molecule has 0 spiro atoms. The number of halogens is 1. The Morgan fingerprint density at radius 1 is 1.23 bits per heavy atom. The molecule has 3 rings (SSSR count). The SMILES string of the molecule is CN=C(NCCCOCC1CCOC1)NCc1ccc(S(=O)(=O)N2CCCC2)cc1.I. The van der Waals surface area contributed by atoms with E-state index in [2.05, 4.69) is 15.6 Å². The van der Waals surface area contributed by atoms with Crippen LogP contribution in [0.3, 0.4) is 0 Å². The second-order valence-corrected chi connectivity index (χ2v) is 9.70. The Kier molecular flexibility index (Phi) is 11.5. The van der Waals surface area contributed by atoms with Gasteiger partial charge < -0.3 is 20.1 Å². The molecule has 2 heterocycles. The zero-order valence-corrected chi connectivity index (χ0v) is 21.4. The minimum Gasteiger partial charge on any atom is -0.381 e. The Morgan fingerprint density at radius 2 is 1.97 bits per heavy atom. The van der Waals surface area contributed by atoms with E-state index in [1.165, 1.54) is 0 Å².